The Balaban J connectivity index is 1.64. The van der Waals surface area contributed by atoms with E-state index in [9.17, 15) is 9.18 Å². The van der Waals surface area contributed by atoms with Gasteiger partial charge in [0.2, 0.25) is 0 Å². The average Bonchev–Trinajstić information content (AvgIpc) is 3.07. The van der Waals surface area contributed by atoms with Crippen LogP contribution in [0.15, 0.2) is 73.1 Å². The zero-order valence-corrected chi connectivity index (χ0v) is 14.8. The Kier molecular flexibility index (Phi) is 4.42. The fraction of sp³-hybridized carbons (Fsp3) is 0.0909. The predicted molar refractivity (Wildman–Crippen MR) is 104 cm³/mol. The van der Waals surface area contributed by atoms with Crippen LogP contribution < -0.4 is 5.32 Å². The van der Waals surface area contributed by atoms with Gasteiger partial charge in [-0.3, -0.25) is 9.78 Å². The van der Waals surface area contributed by atoms with Gasteiger partial charge in [0.25, 0.3) is 5.91 Å². The number of fused-ring (bicyclic) bond motifs is 1. The van der Waals surface area contributed by atoms with Crippen molar-refractivity contribution in [3.05, 3.63) is 90.0 Å². The molecule has 0 atom stereocenters. The Morgan fingerprint density at radius 3 is 2.37 bits per heavy atom. The Morgan fingerprint density at radius 2 is 1.70 bits per heavy atom. The number of benzene rings is 2. The van der Waals surface area contributed by atoms with Crippen LogP contribution in [0.25, 0.3) is 22.2 Å². The summed E-state index contributed by atoms with van der Waals surface area (Å²) in [5, 5.41) is 2.66. The zero-order valence-electron chi connectivity index (χ0n) is 14.8. The number of nitrogens with zero attached hydrogens (tertiary/aromatic N) is 2. The van der Waals surface area contributed by atoms with Crippen molar-refractivity contribution in [2.75, 3.05) is 7.05 Å². The fourth-order valence-electron chi connectivity index (χ4n) is 3.20. The van der Waals surface area contributed by atoms with Crippen molar-refractivity contribution < 1.29 is 9.18 Å². The molecule has 134 valence electrons. The molecule has 2 heterocycles. The third-order valence-electron chi connectivity index (χ3n) is 4.59. The number of hydrogen-bond donors (Lipinski definition) is 1. The van der Waals surface area contributed by atoms with Crippen LogP contribution >= 0.6 is 0 Å². The van der Waals surface area contributed by atoms with Gasteiger partial charge in [-0.05, 0) is 41.0 Å². The lowest BCUT2D eigenvalue weighted by Crippen LogP contribution is -2.17. The summed E-state index contributed by atoms with van der Waals surface area (Å²) >= 11 is 0. The van der Waals surface area contributed by atoms with Gasteiger partial charge in [0.05, 0.1) is 11.1 Å². The maximum Gasteiger partial charge on any atom is 0.254 e. The largest absolute Gasteiger partial charge is 0.355 e. The molecule has 0 bridgehead atoms. The second-order valence-electron chi connectivity index (χ2n) is 6.32. The quantitative estimate of drug-likeness (QED) is 0.592. The third kappa shape index (κ3) is 3.31. The molecule has 0 aliphatic carbocycles. The molecule has 27 heavy (non-hydrogen) atoms. The number of carbonyl (C=O) groups is 1. The summed E-state index contributed by atoms with van der Waals surface area (Å²) < 4.78 is 15.1. The monoisotopic (exact) mass is 359 g/mol. The van der Waals surface area contributed by atoms with Crippen molar-refractivity contribution in [3.63, 3.8) is 0 Å². The van der Waals surface area contributed by atoms with E-state index in [1.807, 2.05) is 47.2 Å². The van der Waals surface area contributed by atoms with E-state index < -0.39 is 0 Å². The van der Waals surface area contributed by atoms with Gasteiger partial charge in [-0.25, -0.2) is 4.39 Å². The summed E-state index contributed by atoms with van der Waals surface area (Å²) in [4.78, 5) is 16.5. The second kappa shape index (κ2) is 7.03. The molecule has 0 unspecified atom stereocenters. The summed E-state index contributed by atoms with van der Waals surface area (Å²) in [6.45, 7) is 0.628. The number of amides is 1. The van der Waals surface area contributed by atoms with E-state index in [-0.39, 0.29) is 11.7 Å². The van der Waals surface area contributed by atoms with Gasteiger partial charge >= 0.3 is 0 Å². The van der Waals surface area contributed by atoms with E-state index in [1.54, 1.807) is 25.4 Å². The number of aromatic nitrogens is 2. The van der Waals surface area contributed by atoms with Crippen LogP contribution in [0, 0.1) is 5.82 Å². The zero-order chi connectivity index (χ0) is 18.8. The van der Waals surface area contributed by atoms with Crippen LogP contribution in [-0.4, -0.2) is 22.5 Å². The Hall–Kier alpha value is -3.47. The number of halogens is 1. The SMILES string of the molecule is CNC(=O)c1cn(Cc2ccc(-c3ccc(F)cc3)cc2)c2cccnc12. The van der Waals surface area contributed by atoms with Crippen molar-refractivity contribution in [3.8, 4) is 11.1 Å². The first-order valence-corrected chi connectivity index (χ1v) is 8.66. The molecule has 2 aromatic heterocycles. The summed E-state index contributed by atoms with van der Waals surface area (Å²) in [6, 6.07) is 18.4. The summed E-state index contributed by atoms with van der Waals surface area (Å²) in [5.41, 5.74) is 5.28. The minimum atomic E-state index is -0.240. The number of hydrogen-bond acceptors (Lipinski definition) is 2. The summed E-state index contributed by atoms with van der Waals surface area (Å²) in [7, 11) is 1.61. The van der Waals surface area contributed by atoms with Crippen molar-refractivity contribution in [1.82, 2.24) is 14.9 Å². The molecule has 0 aliphatic rings. The molecule has 0 fully saturated rings. The molecular weight excluding hydrogens is 341 g/mol. The maximum absolute atomic E-state index is 13.1. The first-order chi connectivity index (χ1) is 13.2. The van der Waals surface area contributed by atoms with Crippen LogP contribution in [0.5, 0.6) is 0 Å². The summed E-state index contributed by atoms with van der Waals surface area (Å²) in [5.74, 6) is -0.389. The lowest BCUT2D eigenvalue weighted by Gasteiger charge is -2.07. The number of rotatable bonds is 4. The van der Waals surface area contributed by atoms with Crippen molar-refractivity contribution in [1.29, 1.82) is 0 Å². The fourth-order valence-corrected chi connectivity index (χ4v) is 3.20. The molecule has 1 N–H and O–H groups in total. The topological polar surface area (TPSA) is 46.9 Å². The molecule has 4 nitrogen and oxygen atoms in total. The van der Waals surface area contributed by atoms with Crippen LogP contribution in [0.4, 0.5) is 4.39 Å². The van der Waals surface area contributed by atoms with Crippen molar-refractivity contribution in [2.24, 2.45) is 0 Å². The van der Waals surface area contributed by atoms with Gasteiger partial charge in [-0.15, -0.1) is 0 Å². The van der Waals surface area contributed by atoms with E-state index in [4.69, 9.17) is 0 Å². The highest BCUT2D eigenvalue weighted by molar-refractivity contribution is 6.05. The molecular formula is C22H18FN3O. The normalized spacial score (nSPS) is 10.9. The van der Waals surface area contributed by atoms with Gasteiger partial charge in [0, 0.05) is 26.0 Å². The molecule has 0 saturated carbocycles. The van der Waals surface area contributed by atoms with Gasteiger partial charge in [-0.1, -0.05) is 36.4 Å². The minimum absolute atomic E-state index is 0.149. The standard InChI is InChI=1S/C22H18FN3O/c1-24-22(27)19-14-26(20-3-2-12-25-21(19)20)13-15-4-6-16(7-5-15)17-8-10-18(23)11-9-17/h2-12,14H,13H2,1H3,(H,24,27). The van der Waals surface area contributed by atoms with Crippen LogP contribution in [0.2, 0.25) is 0 Å². The molecule has 0 saturated heterocycles. The van der Waals surface area contributed by atoms with Gasteiger partial charge in [-0.2, -0.15) is 0 Å². The smallest absolute Gasteiger partial charge is 0.254 e. The Morgan fingerprint density at radius 1 is 1.04 bits per heavy atom. The van der Waals surface area contributed by atoms with E-state index in [0.29, 0.717) is 17.6 Å². The van der Waals surface area contributed by atoms with Crippen LogP contribution in [-0.2, 0) is 6.54 Å². The van der Waals surface area contributed by atoms with Crippen molar-refractivity contribution in [2.45, 2.75) is 6.54 Å². The van der Waals surface area contributed by atoms with E-state index in [0.717, 1.165) is 22.2 Å². The van der Waals surface area contributed by atoms with Gasteiger partial charge < -0.3 is 9.88 Å². The van der Waals surface area contributed by atoms with E-state index in [1.165, 1.54) is 12.1 Å². The molecule has 0 aliphatic heterocycles. The molecule has 0 radical (unpaired) electrons. The first-order valence-electron chi connectivity index (χ1n) is 8.66. The molecule has 1 amide bonds. The van der Waals surface area contributed by atoms with E-state index >= 15 is 0 Å². The highest BCUT2D eigenvalue weighted by Gasteiger charge is 2.15. The van der Waals surface area contributed by atoms with Crippen LogP contribution in [0.1, 0.15) is 15.9 Å². The van der Waals surface area contributed by atoms with Gasteiger partial charge in [0.1, 0.15) is 11.3 Å². The molecule has 2 aromatic carbocycles. The highest BCUT2D eigenvalue weighted by Crippen LogP contribution is 2.23. The minimum Gasteiger partial charge on any atom is -0.355 e. The number of nitrogens with one attached hydrogen (secondary N) is 1. The van der Waals surface area contributed by atoms with Gasteiger partial charge in [0.15, 0.2) is 0 Å². The lowest BCUT2D eigenvalue weighted by atomic mass is 10.0. The molecule has 0 spiro atoms. The van der Waals surface area contributed by atoms with E-state index in [2.05, 4.69) is 10.3 Å². The maximum atomic E-state index is 13.1. The van der Waals surface area contributed by atoms with Crippen molar-refractivity contribution >= 4 is 16.9 Å². The lowest BCUT2D eigenvalue weighted by molar-refractivity contribution is 0.0964. The molecule has 4 rings (SSSR count). The Bertz CT molecular complexity index is 1100. The second-order valence-corrected chi connectivity index (χ2v) is 6.32. The average molecular weight is 359 g/mol. The summed E-state index contributed by atoms with van der Waals surface area (Å²) in [6.07, 6.45) is 3.53. The predicted octanol–water partition coefficient (Wildman–Crippen LogP) is 4.25. The Labute approximate surface area is 156 Å². The first kappa shape index (κ1) is 17.0. The molecule has 5 heteroatoms. The van der Waals surface area contributed by atoms with Crippen LogP contribution in [0.3, 0.4) is 0 Å². The number of carbonyl (C=O) groups excluding carboxylic acids is 1. The molecule has 4 aromatic rings. The highest BCUT2D eigenvalue weighted by atomic mass is 19.1. The number of pyridine rings is 1. The third-order valence-corrected chi connectivity index (χ3v) is 4.59.